The van der Waals surface area contributed by atoms with Crippen LogP contribution in [0.3, 0.4) is 0 Å². The Balaban J connectivity index is 0.00000264. The van der Waals surface area contributed by atoms with Gasteiger partial charge in [0.2, 0.25) is 5.91 Å². The molecule has 1 aliphatic heterocycles. The first-order chi connectivity index (χ1) is 10.8. The summed E-state index contributed by atoms with van der Waals surface area (Å²) in [6.07, 6.45) is 3.61. The van der Waals surface area contributed by atoms with Gasteiger partial charge in [0.05, 0.1) is 12.4 Å². The van der Waals surface area contributed by atoms with E-state index in [0.29, 0.717) is 18.3 Å². The molecule has 1 fully saturated rings. The zero-order valence-electron chi connectivity index (χ0n) is 13.7. The van der Waals surface area contributed by atoms with E-state index < -0.39 is 0 Å². The van der Waals surface area contributed by atoms with Crippen molar-refractivity contribution in [2.75, 3.05) is 32.0 Å². The summed E-state index contributed by atoms with van der Waals surface area (Å²) in [5.41, 5.74) is 0. The summed E-state index contributed by atoms with van der Waals surface area (Å²) in [6.45, 7) is 5.66. The van der Waals surface area contributed by atoms with Crippen LogP contribution in [-0.2, 0) is 4.79 Å². The van der Waals surface area contributed by atoms with Gasteiger partial charge in [-0.25, -0.2) is 0 Å². The number of ether oxygens (including phenoxy) is 1. The highest BCUT2D eigenvalue weighted by Crippen LogP contribution is 2.21. The van der Waals surface area contributed by atoms with Crippen LogP contribution in [0.15, 0.2) is 29.2 Å². The first kappa shape index (κ1) is 20.1. The van der Waals surface area contributed by atoms with Crippen LogP contribution in [0.25, 0.3) is 0 Å². The van der Waals surface area contributed by atoms with E-state index in [0.717, 1.165) is 36.7 Å². The Morgan fingerprint density at radius 1 is 1.39 bits per heavy atom. The topological polar surface area (TPSA) is 50.4 Å². The van der Waals surface area contributed by atoms with Gasteiger partial charge in [-0.1, -0.05) is 0 Å². The zero-order valence-corrected chi connectivity index (χ0v) is 15.3. The van der Waals surface area contributed by atoms with E-state index in [1.807, 2.05) is 31.2 Å². The van der Waals surface area contributed by atoms with Crippen LogP contribution in [0.1, 0.15) is 26.2 Å². The van der Waals surface area contributed by atoms with Gasteiger partial charge in [-0.15, -0.1) is 24.2 Å². The fourth-order valence-electron chi connectivity index (χ4n) is 2.58. The molecule has 1 aromatic rings. The van der Waals surface area contributed by atoms with Gasteiger partial charge in [0, 0.05) is 11.4 Å². The normalized spacial score (nSPS) is 17.2. The van der Waals surface area contributed by atoms with Crippen molar-refractivity contribution in [1.82, 2.24) is 10.6 Å². The second kappa shape index (κ2) is 11.6. The van der Waals surface area contributed by atoms with E-state index in [4.69, 9.17) is 4.74 Å². The smallest absolute Gasteiger partial charge is 0.230 e. The predicted octanol–water partition coefficient (Wildman–Crippen LogP) is 3.11. The fraction of sp³-hybridized carbons (Fsp3) is 0.588. The second-order valence-electron chi connectivity index (χ2n) is 5.54. The zero-order chi connectivity index (χ0) is 15.6. The highest BCUT2D eigenvalue weighted by molar-refractivity contribution is 8.00. The maximum absolute atomic E-state index is 11.9. The largest absolute Gasteiger partial charge is 0.494 e. The average Bonchev–Trinajstić information content (AvgIpc) is 2.55. The average molecular weight is 359 g/mol. The summed E-state index contributed by atoms with van der Waals surface area (Å²) < 4.78 is 5.40. The first-order valence-corrected chi connectivity index (χ1v) is 9.09. The molecular formula is C17H27ClN2O2S. The first-order valence-electron chi connectivity index (χ1n) is 8.11. The van der Waals surface area contributed by atoms with Gasteiger partial charge in [-0.2, -0.15) is 0 Å². The Kier molecular flexibility index (Phi) is 10.2. The van der Waals surface area contributed by atoms with Gasteiger partial charge >= 0.3 is 0 Å². The summed E-state index contributed by atoms with van der Waals surface area (Å²) in [6, 6.07) is 7.88. The van der Waals surface area contributed by atoms with Crippen molar-refractivity contribution in [2.24, 2.45) is 5.92 Å². The number of piperidine rings is 1. The molecule has 2 N–H and O–H groups in total. The maximum atomic E-state index is 11.9. The number of hydrogen-bond acceptors (Lipinski definition) is 4. The fourth-order valence-corrected chi connectivity index (χ4v) is 3.31. The van der Waals surface area contributed by atoms with Crippen molar-refractivity contribution in [2.45, 2.75) is 31.1 Å². The lowest BCUT2D eigenvalue weighted by Crippen LogP contribution is -2.33. The Morgan fingerprint density at radius 2 is 2.17 bits per heavy atom. The van der Waals surface area contributed by atoms with Crippen molar-refractivity contribution < 1.29 is 9.53 Å². The molecule has 4 nitrogen and oxygen atoms in total. The van der Waals surface area contributed by atoms with Crippen molar-refractivity contribution in [3.63, 3.8) is 0 Å². The molecule has 1 heterocycles. The molecule has 0 spiro atoms. The molecule has 0 saturated carbocycles. The Hall–Kier alpha value is -0.910. The van der Waals surface area contributed by atoms with E-state index in [2.05, 4.69) is 10.6 Å². The van der Waals surface area contributed by atoms with Crippen LogP contribution in [-0.4, -0.2) is 37.9 Å². The second-order valence-corrected chi connectivity index (χ2v) is 6.59. The number of benzene rings is 1. The SMILES string of the molecule is CCOc1ccc(SCC(=O)NCCC2CCCNC2)cc1.Cl. The van der Waals surface area contributed by atoms with Crippen LogP contribution in [0.2, 0.25) is 0 Å². The molecule has 1 aliphatic rings. The van der Waals surface area contributed by atoms with E-state index in [1.165, 1.54) is 12.8 Å². The minimum atomic E-state index is 0. The number of rotatable bonds is 8. The molecule has 23 heavy (non-hydrogen) atoms. The van der Waals surface area contributed by atoms with Crippen molar-refractivity contribution in [3.8, 4) is 5.75 Å². The third-order valence-electron chi connectivity index (χ3n) is 3.78. The van der Waals surface area contributed by atoms with E-state index >= 15 is 0 Å². The standard InChI is InChI=1S/C17H26N2O2S.ClH/c1-2-21-15-5-7-16(8-6-15)22-13-17(20)19-11-9-14-4-3-10-18-12-14;/h5-8,14,18H,2-4,9-13H2,1H3,(H,19,20);1H. The van der Waals surface area contributed by atoms with Crippen LogP contribution < -0.4 is 15.4 Å². The van der Waals surface area contributed by atoms with Gasteiger partial charge < -0.3 is 15.4 Å². The van der Waals surface area contributed by atoms with Crippen LogP contribution >= 0.6 is 24.2 Å². The summed E-state index contributed by atoms with van der Waals surface area (Å²) in [5, 5.41) is 6.43. The molecule has 1 aromatic carbocycles. The quantitative estimate of drug-likeness (QED) is 0.701. The lowest BCUT2D eigenvalue weighted by atomic mass is 9.96. The van der Waals surface area contributed by atoms with E-state index in [9.17, 15) is 4.79 Å². The lowest BCUT2D eigenvalue weighted by Gasteiger charge is -2.22. The molecule has 1 atom stereocenters. The maximum Gasteiger partial charge on any atom is 0.230 e. The highest BCUT2D eigenvalue weighted by atomic mass is 35.5. The molecule has 0 aromatic heterocycles. The van der Waals surface area contributed by atoms with Crippen molar-refractivity contribution in [1.29, 1.82) is 0 Å². The Bertz CT molecular complexity index is 450. The van der Waals surface area contributed by atoms with Gasteiger partial charge in [0.15, 0.2) is 0 Å². The molecule has 6 heteroatoms. The van der Waals surface area contributed by atoms with Crippen LogP contribution in [0.4, 0.5) is 0 Å². The molecule has 1 saturated heterocycles. The number of amides is 1. The third-order valence-corrected chi connectivity index (χ3v) is 4.79. The molecular weight excluding hydrogens is 332 g/mol. The Morgan fingerprint density at radius 3 is 2.83 bits per heavy atom. The lowest BCUT2D eigenvalue weighted by molar-refractivity contribution is -0.118. The van der Waals surface area contributed by atoms with Crippen molar-refractivity contribution >= 4 is 30.1 Å². The number of carbonyl (C=O) groups excluding carboxylic acids is 1. The highest BCUT2D eigenvalue weighted by Gasteiger charge is 2.12. The molecule has 1 unspecified atom stereocenters. The Labute approximate surface area is 149 Å². The monoisotopic (exact) mass is 358 g/mol. The number of nitrogens with one attached hydrogen (secondary N) is 2. The number of carbonyl (C=O) groups is 1. The molecule has 0 bridgehead atoms. The molecule has 0 radical (unpaired) electrons. The van der Waals surface area contributed by atoms with Gasteiger partial charge in [0.25, 0.3) is 0 Å². The van der Waals surface area contributed by atoms with Crippen molar-refractivity contribution in [3.05, 3.63) is 24.3 Å². The van der Waals surface area contributed by atoms with Gasteiger partial charge in [0.1, 0.15) is 5.75 Å². The molecule has 1 amide bonds. The minimum absolute atomic E-state index is 0. The molecule has 2 rings (SSSR count). The van der Waals surface area contributed by atoms with E-state index in [1.54, 1.807) is 11.8 Å². The number of halogens is 1. The number of hydrogen-bond donors (Lipinski definition) is 2. The summed E-state index contributed by atoms with van der Waals surface area (Å²) in [5.74, 6) is 2.17. The van der Waals surface area contributed by atoms with Gasteiger partial charge in [-0.05, 0) is 69.5 Å². The van der Waals surface area contributed by atoms with E-state index in [-0.39, 0.29) is 18.3 Å². The third kappa shape index (κ3) is 7.95. The summed E-state index contributed by atoms with van der Waals surface area (Å²) in [7, 11) is 0. The van der Waals surface area contributed by atoms with Gasteiger partial charge in [-0.3, -0.25) is 4.79 Å². The van der Waals surface area contributed by atoms with Crippen LogP contribution in [0, 0.1) is 5.92 Å². The number of thioether (sulfide) groups is 1. The summed E-state index contributed by atoms with van der Waals surface area (Å²) >= 11 is 1.56. The predicted molar refractivity (Wildman–Crippen MR) is 98.8 cm³/mol. The molecule has 130 valence electrons. The molecule has 0 aliphatic carbocycles. The van der Waals surface area contributed by atoms with Crippen LogP contribution in [0.5, 0.6) is 5.75 Å². The summed E-state index contributed by atoms with van der Waals surface area (Å²) in [4.78, 5) is 12.9. The minimum Gasteiger partial charge on any atom is -0.494 e.